The summed E-state index contributed by atoms with van der Waals surface area (Å²) in [5, 5.41) is 19.9. The third kappa shape index (κ3) is 28.0. The van der Waals surface area contributed by atoms with Gasteiger partial charge in [0, 0.05) is 112 Å². The van der Waals surface area contributed by atoms with Gasteiger partial charge in [0.2, 0.25) is 41.4 Å². The van der Waals surface area contributed by atoms with E-state index in [1.54, 1.807) is 61.9 Å². The van der Waals surface area contributed by atoms with Crippen LogP contribution in [0.15, 0.2) is 30.3 Å². The molecule has 1 aromatic rings. The lowest BCUT2D eigenvalue weighted by Crippen LogP contribution is -2.54. The van der Waals surface area contributed by atoms with E-state index >= 15 is 0 Å². The van der Waals surface area contributed by atoms with Crippen molar-refractivity contribution in [1.82, 2.24) is 50.2 Å². The standard InChI is InChI=1S/C68H116N10O12/c1-17-48(6)56-44-76(15)65(87)52(45-90-68(8,9)10)39-69-40-60(82)51(33-46(2)3)41-72(11)42-55(81)28-32-74(13)62(84)37-57(49(7)79)70-61(83)36-53(34-47(4)5)77(16)67(89)59(35-50-25-20-18-21-26-50)75(14)43-54(80)27-24-29-73(12)63(85)38-58(71-64(56)86)66(88)78-30-22-19-23-31-78/h18,20-21,25-26,46-49,51-53,56-59,69,79H,17,19,22-24,27-45H2,1-16H3,(H,70,83)(H,71,86)/t48-,49+,51+,52-,53-,56-,57+,58-,59-/m0/s1. The van der Waals surface area contributed by atoms with Gasteiger partial charge in [0.25, 0.3) is 0 Å². The van der Waals surface area contributed by atoms with E-state index in [2.05, 4.69) is 16.0 Å². The van der Waals surface area contributed by atoms with Crippen LogP contribution in [0.2, 0.25) is 0 Å². The molecule has 22 nitrogen and oxygen atoms in total. The third-order valence-corrected chi connectivity index (χ3v) is 17.5. The normalized spacial score (nSPS) is 25.7. The van der Waals surface area contributed by atoms with Crippen LogP contribution in [-0.4, -0.2) is 248 Å². The van der Waals surface area contributed by atoms with Crippen molar-refractivity contribution in [3.8, 4) is 0 Å². The minimum absolute atomic E-state index is 0.00110. The molecule has 0 bridgehead atoms. The molecule has 7 amide bonds. The molecule has 0 spiro atoms. The van der Waals surface area contributed by atoms with E-state index in [-0.39, 0.29) is 157 Å². The van der Waals surface area contributed by atoms with Crippen molar-refractivity contribution in [1.29, 1.82) is 0 Å². The average molecular weight is 1270 g/mol. The van der Waals surface area contributed by atoms with Gasteiger partial charge in [0.05, 0.1) is 68.3 Å². The van der Waals surface area contributed by atoms with Gasteiger partial charge < -0.3 is 50.3 Å². The highest BCUT2D eigenvalue weighted by molar-refractivity contribution is 5.93. The number of carbonyl (C=O) groups excluding carboxylic acids is 10. The number of carbonyl (C=O) groups is 10. The number of ketones is 3. The predicted octanol–water partition coefficient (Wildman–Crippen LogP) is 4.48. The van der Waals surface area contributed by atoms with Gasteiger partial charge in [-0.1, -0.05) is 78.3 Å². The lowest BCUT2D eigenvalue weighted by Gasteiger charge is -2.36. The minimum Gasteiger partial charge on any atom is -0.391 e. The van der Waals surface area contributed by atoms with Crippen molar-refractivity contribution in [2.45, 2.75) is 189 Å². The zero-order valence-electron chi connectivity index (χ0n) is 57.8. The zero-order valence-corrected chi connectivity index (χ0v) is 57.8. The molecule has 0 aliphatic carbocycles. The first-order valence-electron chi connectivity index (χ1n) is 33.1. The fraction of sp³-hybridized carbons (Fsp3) is 0.765. The second-order valence-corrected chi connectivity index (χ2v) is 27.8. The fourth-order valence-corrected chi connectivity index (χ4v) is 11.7. The van der Waals surface area contributed by atoms with Crippen LogP contribution in [0, 0.1) is 35.5 Å². The molecule has 0 radical (unpaired) electrons. The number of likely N-dealkylation sites (tertiary alicyclic amines) is 1. The predicted molar refractivity (Wildman–Crippen MR) is 350 cm³/mol. The van der Waals surface area contributed by atoms with Gasteiger partial charge >= 0.3 is 0 Å². The number of likely N-dealkylation sites (N-methyl/N-ethyl adjacent to an activating group) is 3. The fourth-order valence-electron chi connectivity index (χ4n) is 11.7. The summed E-state index contributed by atoms with van der Waals surface area (Å²) in [6.45, 7) is 20.5. The minimum atomic E-state index is -1.20. The number of rotatable bonds is 12. The topological polar surface area (TPSA) is 259 Å². The van der Waals surface area contributed by atoms with Gasteiger partial charge in [-0.15, -0.1) is 0 Å². The molecule has 9 atom stereocenters. The molecule has 0 unspecified atom stereocenters. The number of aliphatic hydroxyl groups is 1. The largest absolute Gasteiger partial charge is 0.391 e. The van der Waals surface area contributed by atoms with Crippen molar-refractivity contribution in [2.75, 3.05) is 114 Å². The van der Waals surface area contributed by atoms with Crippen LogP contribution < -0.4 is 16.0 Å². The van der Waals surface area contributed by atoms with Gasteiger partial charge in [-0.05, 0) is 110 Å². The van der Waals surface area contributed by atoms with Crippen LogP contribution in [0.4, 0.5) is 0 Å². The highest BCUT2D eigenvalue weighted by Crippen LogP contribution is 2.23. The van der Waals surface area contributed by atoms with E-state index in [9.17, 15) is 53.1 Å². The summed E-state index contributed by atoms with van der Waals surface area (Å²) in [6, 6.07) is 5.85. The highest BCUT2D eigenvalue weighted by atomic mass is 16.5. The van der Waals surface area contributed by atoms with Crippen molar-refractivity contribution in [3.63, 3.8) is 0 Å². The van der Waals surface area contributed by atoms with Crippen molar-refractivity contribution >= 4 is 58.7 Å². The number of piperidine rings is 1. The quantitative estimate of drug-likeness (QED) is 0.225. The summed E-state index contributed by atoms with van der Waals surface area (Å²) in [6.07, 6.45) is 2.92. The summed E-state index contributed by atoms with van der Waals surface area (Å²) in [5.41, 5.74) is 0.259. The number of amides is 7. The monoisotopic (exact) mass is 1260 g/mol. The first-order valence-corrected chi connectivity index (χ1v) is 33.1. The van der Waals surface area contributed by atoms with E-state index in [1.165, 1.54) is 21.6 Å². The maximum Gasteiger partial charge on any atom is 0.245 e. The Bertz CT molecular complexity index is 2470. The summed E-state index contributed by atoms with van der Waals surface area (Å²) >= 11 is 0. The van der Waals surface area contributed by atoms with Crippen LogP contribution in [0.3, 0.4) is 0 Å². The Hall–Kier alpha value is -5.68. The zero-order chi connectivity index (χ0) is 67.6. The SMILES string of the molecule is CC[C@H](C)[C@@H]1CN(C)C(=O)[C@H](COC(C)(C)C)CNCC(=O)[C@H](CC(C)C)CN(C)CC(=O)CCN(C)C(=O)C[C@H]([C@@H](C)O)NC(=O)C[C@H](CC(C)C)N(C)C(=O)[C@H](Cc2ccccc2)N(C)CC(=O)CCCN(C)C(=O)C[C@@H](C(=O)N2CCCCC2)NC1=O. The Morgan fingerprint density at radius 3 is 1.89 bits per heavy atom. The average Bonchev–Trinajstić information content (AvgIpc) is 1.03. The Labute approximate surface area is 539 Å². The van der Waals surface area contributed by atoms with E-state index in [1.807, 2.05) is 92.6 Å². The molecule has 3 rings (SSSR count). The molecule has 0 saturated carbocycles. The Balaban J connectivity index is 2.04. The van der Waals surface area contributed by atoms with Gasteiger partial charge in [0.1, 0.15) is 17.6 Å². The summed E-state index contributed by atoms with van der Waals surface area (Å²) in [7, 11) is 9.92. The van der Waals surface area contributed by atoms with Crippen LogP contribution >= 0.6 is 0 Å². The number of benzene rings is 1. The molecular weight excluding hydrogens is 1150 g/mol. The third-order valence-electron chi connectivity index (χ3n) is 17.5. The summed E-state index contributed by atoms with van der Waals surface area (Å²) in [5.74, 6) is -5.14. The molecular formula is C68H116N10O12. The van der Waals surface area contributed by atoms with E-state index < -0.39 is 77.3 Å². The summed E-state index contributed by atoms with van der Waals surface area (Å²) in [4.78, 5) is 153. The van der Waals surface area contributed by atoms with Crippen LogP contribution in [0.1, 0.15) is 152 Å². The number of hydrogen-bond donors (Lipinski definition) is 4. The number of aliphatic hydroxyl groups excluding tert-OH is 1. The molecule has 1 aromatic carbocycles. The van der Waals surface area contributed by atoms with Crippen LogP contribution in [-0.2, 0) is 59.1 Å². The smallest absolute Gasteiger partial charge is 0.245 e. The molecule has 2 saturated heterocycles. The second-order valence-electron chi connectivity index (χ2n) is 27.8. The highest BCUT2D eigenvalue weighted by Gasteiger charge is 2.38. The Kier molecular flexibility index (Phi) is 34.0. The van der Waals surface area contributed by atoms with Gasteiger partial charge in [-0.2, -0.15) is 0 Å². The van der Waals surface area contributed by atoms with Gasteiger partial charge in [-0.3, -0.25) is 57.7 Å². The van der Waals surface area contributed by atoms with E-state index in [0.29, 0.717) is 32.4 Å². The number of ether oxygens (including phenoxy) is 1. The van der Waals surface area contributed by atoms with Gasteiger partial charge in [-0.25, -0.2) is 0 Å². The Morgan fingerprint density at radius 1 is 0.678 bits per heavy atom. The molecule has 510 valence electrons. The first-order chi connectivity index (χ1) is 42.2. The number of Topliss-reactive ketones (excluding diaryl/α,β-unsaturated/α-hetero) is 3. The lowest BCUT2D eigenvalue weighted by atomic mass is 9.89. The van der Waals surface area contributed by atoms with Crippen molar-refractivity contribution in [2.24, 2.45) is 35.5 Å². The molecule has 2 aliphatic heterocycles. The van der Waals surface area contributed by atoms with E-state index in [4.69, 9.17) is 4.74 Å². The molecule has 90 heavy (non-hydrogen) atoms. The number of nitrogens with one attached hydrogen (secondary N) is 3. The molecule has 2 fully saturated rings. The van der Waals surface area contributed by atoms with Gasteiger partial charge in [0.15, 0.2) is 5.78 Å². The maximum atomic E-state index is 14.8. The molecule has 2 aliphatic rings. The summed E-state index contributed by atoms with van der Waals surface area (Å²) < 4.78 is 6.17. The number of hydrogen-bond acceptors (Lipinski definition) is 15. The van der Waals surface area contributed by atoms with Crippen LogP contribution in [0.5, 0.6) is 0 Å². The number of nitrogens with zero attached hydrogens (tertiary/aromatic N) is 7. The Morgan fingerprint density at radius 2 is 1.29 bits per heavy atom. The molecule has 22 heteroatoms. The first kappa shape index (κ1) is 78.6. The second kappa shape index (κ2) is 39.0. The van der Waals surface area contributed by atoms with Crippen molar-refractivity contribution < 1.29 is 57.8 Å². The van der Waals surface area contributed by atoms with Crippen LogP contribution in [0.25, 0.3) is 0 Å². The maximum absolute atomic E-state index is 14.8. The lowest BCUT2D eigenvalue weighted by molar-refractivity contribution is -0.144. The van der Waals surface area contributed by atoms with E-state index in [0.717, 1.165) is 24.8 Å². The molecule has 0 aromatic heterocycles. The molecule has 4 N–H and O–H groups in total. The van der Waals surface area contributed by atoms with Crippen molar-refractivity contribution in [3.05, 3.63) is 35.9 Å². The molecule has 2 heterocycles.